The van der Waals surface area contributed by atoms with Crippen molar-refractivity contribution < 1.29 is 27.8 Å². The molecule has 2 N–H and O–H groups in total. The maximum absolute atomic E-state index is 13.5. The topological polar surface area (TPSA) is 50.7 Å². The van der Waals surface area contributed by atoms with Crippen molar-refractivity contribution in [1.82, 2.24) is 5.32 Å². The highest BCUT2D eigenvalue weighted by Gasteiger charge is 2.41. The van der Waals surface area contributed by atoms with E-state index in [1.54, 1.807) is 31.4 Å². The van der Waals surface area contributed by atoms with E-state index in [-0.39, 0.29) is 17.4 Å². The van der Waals surface area contributed by atoms with Crippen LogP contribution in [0.15, 0.2) is 48.5 Å². The molecule has 0 bridgehead atoms. The normalized spacial score (nSPS) is 19.1. The van der Waals surface area contributed by atoms with E-state index in [2.05, 4.69) is 5.32 Å². The molecule has 1 heterocycles. The van der Waals surface area contributed by atoms with Crippen LogP contribution in [0.5, 0.6) is 11.5 Å². The highest BCUT2D eigenvalue weighted by atomic mass is 19.4. The lowest BCUT2D eigenvalue weighted by molar-refractivity contribution is -0.138. The summed E-state index contributed by atoms with van der Waals surface area (Å²) in [5.41, 5.74) is -1.53. The lowest BCUT2D eigenvalue weighted by Gasteiger charge is -2.40. The monoisotopic (exact) mass is 437 g/mol. The molecular weight excluding hydrogens is 407 g/mol. The second-order valence-corrected chi connectivity index (χ2v) is 8.01. The van der Waals surface area contributed by atoms with Crippen molar-refractivity contribution in [3.63, 3.8) is 0 Å². The molecule has 1 saturated heterocycles. The molecule has 1 aliphatic heterocycles. The highest BCUT2D eigenvalue weighted by Crippen LogP contribution is 2.45. The molecule has 2 aromatic carbocycles. The van der Waals surface area contributed by atoms with Crippen molar-refractivity contribution in [3.8, 4) is 11.5 Å². The van der Waals surface area contributed by atoms with Gasteiger partial charge in [-0.25, -0.2) is 0 Å². The third-order valence-corrected chi connectivity index (χ3v) is 5.89. The van der Waals surface area contributed by atoms with Crippen LogP contribution in [0.2, 0.25) is 0 Å². The van der Waals surface area contributed by atoms with Gasteiger partial charge in [0, 0.05) is 31.7 Å². The van der Waals surface area contributed by atoms with Crippen molar-refractivity contribution in [1.29, 1.82) is 0 Å². The van der Waals surface area contributed by atoms with Gasteiger partial charge in [-0.15, -0.1) is 0 Å². The minimum absolute atomic E-state index is 0.0635. The van der Waals surface area contributed by atoms with E-state index in [4.69, 9.17) is 9.47 Å². The van der Waals surface area contributed by atoms with Crippen molar-refractivity contribution in [2.75, 3.05) is 26.8 Å². The summed E-state index contributed by atoms with van der Waals surface area (Å²) in [7, 11) is 1.64. The molecule has 0 aromatic heterocycles. The van der Waals surface area contributed by atoms with Gasteiger partial charge in [-0.1, -0.05) is 30.3 Å². The van der Waals surface area contributed by atoms with Crippen LogP contribution in [0.25, 0.3) is 0 Å². The van der Waals surface area contributed by atoms with Crippen LogP contribution >= 0.6 is 0 Å². The van der Waals surface area contributed by atoms with Crippen LogP contribution in [0, 0.1) is 5.92 Å². The predicted octanol–water partition coefficient (Wildman–Crippen LogP) is 5.50. The Labute approximate surface area is 181 Å². The van der Waals surface area contributed by atoms with E-state index in [9.17, 15) is 18.3 Å². The number of piperidine rings is 1. The second-order valence-electron chi connectivity index (χ2n) is 8.01. The number of hydrogen-bond donors (Lipinski definition) is 2. The van der Waals surface area contributed by atoms with E-state index in [1.165, 1.54) is 18.2 Å². The molecule has 3 rings (SSSR count). The second kappa shape index (κ2) is 10.5. The van der Waals surface area contributed by atoms with Gasteiger partial charge >= 0.3 is 6.18 Å². The Morgan fingerprint density at radius 2 is 1.65 bits per heavy atom. The number of ether oxygens (including phenoxy) is 2. The number of hydrogen-bond acceptors (Lipinski definition) is 4. The number of methoxy groups -OCH3 is 1. The Morgan fingerprint density at radius 1 is 1.00 bits per heavy atom. The molecule has 0 saturated carbocycles. The first-order chi connectivity index (χ1) is 14.9. The first-order valence-corrected chi connectivity index (χ1v) is 10.7. The number of para-hydroxylation sites is 2. The first-order valence-electron chi connectivity index (χ1n) is 10.7. The minimum atomic E-state index is -4.53. The van der Waals surface area contributed by atoms with Crippen molar-refractivity contribution in [2.24, 2.45) is 5.92 Å². The number of halogens is 3. The number of rotatable bonds is 9. The van der Waals surface area contributed by atoms with Gasteiger partial charge in [-0.2, -0.15) is 13.2 Å². The predicted molar refractivity (Wildman–Crippen MR) is 113 cm³/mol. The molecule has 4 nitrogen and oxygen atoms in total. The lowest BCUT2D eigenvalue weighted by atomic mass is 9.74. The molecule has 1 unspecified atom stereocenters. The maximum Gasteiger partial charge on any atom is 0.419 e. The summed E-state index contributed by atoms with van der Waals surface area (Å²) in [5, 5.41) is 15.2. The Bertz CT molecular complexity index is 837. The smallest absolute Gasteiger partial charge is 0.419 e. The summed E-state index contributed by atoms with van der Waals surface area (Å²) in [6.45, 7) is 2.14. The van der Waals surface area contributed by atoms with E-state index in [0.29, 0.717) is 25.1 Å². The number of aliphatic hydroxyl groups is 1. The van der Waals surface area contributed by atoms with Gasteiger partial charge < -0.3 is 19.9 Å². The van der Waals surface area contributed by atoms with Crippen molar-refractivity contribution in [3.05, 3.63) is 59.7 Å². The van der Waals surface area contributed by atoms with Crippen molar-refractivity contribution in [2.45, 2.75) is 43.9 Å². The zero-order valence-corrected chi connectivity index (χ0v) is 17.8. The highest BCUT2D eigenvalue weighted by molar-refractivity contribution is 5.45. The van der Waals surface area contributed by atoms with E-state index < -0.39 is 17.3 Å². The lowest BCUT2D eigenvalue weighted by Crippen LogP contribution is -2.44. The van der Waals surface area contributed by atoms with Crippen molar-refractivity contribution >= 4 is 0 Å². The van der Waals surface area contributed by atoms with Crippen LogP contribution in [0.1, 0.15) is 43.2 Å². The molecule has 2 aromatic rings. The average molecular weight is 438 g/mol. The number of nitrogens with one attached hydrogen (secondary N) is 1. The quantitative estimate of drug-likeness (QED) is 0.509. The number of unbranched alkanes of at least 4 members (excludes halogenated alkanes) is 1. The van der Waals surface area contributed by atoms with Gasteiger partial charge in [0.2, 0.25) is 0 Å². The summed E-state index contributed by atoms with van der Waals surface area (Å²) in [6.07, 6.45) is -0.765. The van der Waals surface area contributed by atoms with Gasteiger partial charge in [0.05, 0.1) is 11.2 Å². The standard InChI is InChI=1S/C24H30F3NO3/c1-30-16-7-6-14-23(29,18-9-8-15-28-17-18)19-10-2-4-12-21(19)31-22-13-5-3-11-20(22)24(25,26)27/h2-5,10-13,18,28-29H,6-9,14-17H2,1H3/t18?,23-/m0/s1. The van der Waals surface area contributed by atoms with E-state index in [0.717, 1.165) is 38.3 Å². The van der Waals surface area contributed by atoms with E-state index >= 15 is 0 Å². The van der Waals surface area contributed by atoms with Crippen LogP contribution < -0.4 is 10.1 Å². The fourth-order valence-corrected chi connectivity index (χ4v) is 4.28. The molecule has 2 atom stereocenters. The van der Waals surface area contributed by atoms with E-state index in [1.807, 2.05) is 0 Å². The molecule has 1 aliphatic rings. The Balaban J connectivity index is 1.96. The fraction of sp³-hybridized carbons (Fsp3) is 0.500. The minimum Gasteiger partial charge on any atom is -0.456 e. The summed E-state index contributed by atoms with van der Waals surface area (Å²) >= 11 is 0. The fourth-order valence-electron chi connectivity index (χ4n) is 4.28. The van der Waals surface area contributed by atoms with Gasteiger partial charge in [0.1, 0.15) is 11.5 Å². The SMILES string of the molecule is COCCCC[C@@](O)(c1ccccc1Oc1ccccc1C(F)(F)F)C1CCCNC1. The Morgan fingerprint density at radius 3 is 2.26 bits per heavy atom. The van der Waals surface area contributed by atoms with Gasteiger partial charge in [0.15, 0.2) is 0 Å². The molecular formula is C24H30F3NO3. The van der Waals surface area contributed by atoms with Crippen LogP contribution in [0.3, 0.4) is 0 Å². The zero-order valence-electron chi connectivity index (χ0n) is 17.8. The summed E-state index contributed by atoms with van der Waals surface area (Å²) in [4.78, 5) is 0. The molecule has 0 spiro atoms. The third-order valence-electron chi connectivity index (χ3n) is 5.89. The summed E-state index contributed by atoms with van der Waals surface area (Å²) in [6, 6.07) is 12.0. The Kier molecular flexibility index (Phi) is 7.97. The Hall–Kier alpha value is -2.09. The molecule has 0 aliphatic carbocycles. The number of alkyl halides is 3. The molecule has 0 radical (unpaired) electrons. The maximum atomic E-state index is 13.5. The van der Waals surface area contributed by atoms with Crippen LogP contribution in [-0.4, -0.2) is 31.9 Å². The van der Waals surface area contributed by atoms with Gasteiger partial charge in [-0.3, -0.25) is 0 Å². The molecule has 0 amide bonds. The molecule has 7 heteroatoms. The first kappa shape index (κ1) is 23.6. The van der Waals surface area contributed by atoms with Gasteiger partial charge in [-0.05, 0) is 56.8 Å². The van der Waals surface area contributed by atoms with Crippen LogP contribution in [0.4, 0.5) is 13.2 Å². The summed E-state index contributed by atoms with van der Waals surface area (Å²) in [5.74, 6) is -0.0867. The largest absolute Gasteiger partial charge is 0.456 e. The molecule has 31 heavy (non-hydrogen) atoms. The van der Waals surface area contributed by atoms with Gasteiger partial charge in [0.25, 0.3) is 0 Å². The number of benzene rings is 2. The molecule has 1 fully saturated rings. The average Bonchev–Trinajstić information content (AvgIpc) is 2.77. The molecule has 170 valence electrons. The third kappa shape index (κ3) is 5.79. The van der Waals surface area contributed by atoms with Crippen LogP contribution in [-0.2, 0) is 16.5 Å². The summed E-state index contributed by atoms with van der Waals surface area (Å²) < 4.78 is 51.3. The zero-order chi connectivity index (χ0) is 22.3.